The van der Waals surface area contributed by atoms with Gasteiger partial charge in [-0.15, -0.1) is 0 Å². The number of ether oxygens (including phenoxy) is 1. The largest absolute Gasteiger partial charge is 0.376 e. The van der Waals surface area contributed by atoms with Crippen LogP contribution in [0.2, 0.25) is 5.02 Å². The van der Waals surface area contributed by atoms with Gasteiger partial charge in [-0.25, -0.2) is 4.98 Å². The lowest BCUT2D eigenvalue weighted by molar-refractivity contribution is -0.119. The van der Waals surface area contributed by atoms with Gasteiger partial charge < -0.3 is 15.0 Å². The van der Waals surface area contributed by atoms with Crippen LogP contribution in [0.4, 0.5) is 0 Å². The van der Waals surface area contributed by atoms with Gasteiger partial charge >= 0.3 is 0 Å². The number of amides is 1. The molecular formula is C22H22ClN3O2S. The van der Waals surface area contributed by atoms with Crippen molar-refractivity contribution in [2.45, 2.75) is 24.0 Å². The number of nitrogens with zero attached hydrogens (tertiary/aromatic N) is 1. The van der Waals surface area contributed by atoms with E-state index in [4.69, 9.17) is 21.3 Å². The molecule has 0 radical (unpaired) electrons. The monoisotopic (exact) mass is 427 g/mol. The minimum atomic E-state index is -0.0134. The molecule has 0 spiro atoms. The standard InChI is InChI=1S/C22H22ClN3O2S/c23-17-10-8-16(9-11-17)21-25-20(15-5-2-1-3-6-15)22(26-21)29-14-19(27)24-13-18-7-4-12-28-18/h1-3,5-6,8-11,18H,4,7,12-14H2,(H,24,27)(H,25,26)/t18-/m1/s1. The maximum Gasteiger partial charge on any atom is 0.230 e. The van der Waals surface area contributed by atoms with Gasteiger partial charge in [-0.3, -0.25) is 4.79 Å². The quantitative estimate of drug-likeness (QED) is 0.532. The number of H-pyrrole nitrogens is 1. The first-order valence-electron chi connectivity index (χ1n) is 9.61. The molecule has 5 nitrogen and oxygen atoms in total. The summed E-state index contributed by atoms with van der Waals surface area (Å²) in [5.74, 6) is 1.04. The summed E-state index contributed by atoms with van der Waals surface area (Å²) in [6, 6.07) is 17.5. The average Bonchev–Trinajstić information content (AvgIpc) is 3.42. The van der Waals surface area contributed by atoms with Crippen LogP contribution in [-0.2, 0) is 9.53 Å². The molecule has 1 aromatic heterocycles. The van der Waals surface area contributed by atoms with Crippen LogP contribution in [0.1, 0.15) is 12.8 Å². The van der Waals surface area contributed by atoms with Gasteiger partial charge in [0.05, 0.1) is 17.6 Å². The van der Waals surface area contributed by atoms with Gasteiger partial charge in [-0.2, -0.15) is 0 Å². The summed E-state index contributed by atoms with van der Waals surface area (Å²) in [7, 11) is 0. The second kappa shape index (κ2) is 9.48. The van der Waals surface area contributed by atoms with Crippen LogP contribution in [-0.4, -0.2) is 40.9 Å². The molecule has 4 rings (SSSR count). The number of hydrogen-bond donors (Lipinski definition) is 2. The fourth-order valence-corrected chi connectivity index (χ4v) is 4.19. The average molecular weight is 428 g/mol. The Labute approximate surface area is 179 Å². The molecule has 1 aliphatic heterocycles. The Kier molecular flexibility index (Phi) is 6.54. The topological polar surface area (TPSA) is 67.0 Å². The number of halogens is 1. The van der Waals surface area contributed by atoms with E-state index in [2.05, 4.69) is 10.3 Å². The Morgan fingerprint density at radius 3 is 2.69 bits per heavy atom. The number of thioether (sulfide) groups is 1. The van der Waals surface area contributed by atoms with Gasteiger partial charge in [0.2, 0.25) is 5.91 Å². The molecule has 150 valence electrons. The molecule has 1 aliphatic rings. The SMILES string of the molecule is O=C(CSc1nc(-c2ccc(Cl)cc2)[nH]c1-c1ccccc1)NC[C@H]1CCCO1. The first kappa shape index (κ1) is 20.0. The fourth-order valence-electron chi connectivity index (χ4n) is 3.22. The summed E-state index contributed by atoms with van der Waals surface area (Å²) in [6.07, 6.45) is 2.22. The normalized spacial score (nSPS) is 16.1. The van der Waals surface area contributed by atoms with Gasteiger partial charge in [-0.1, -0.05) is 53.7 Å². The molecule has 2 aromatic carbocycles. The number of imidazole rings is 1. The Morgan fingerprint density at radius 1 is 1.17 bits per heavy atom. The summed E-state index contributed by atoms with van der Waals surface area (Å²) < 4.78 is 5.56. The molecule has 1 amide bonds. The predicted octanol–water partition coefficient (Wildman–Crippen LogP) is 4.78. The second-order valence-electron chi connectivity index (χ2n) is 6.87. The zero-order valence-electron chi connectivity index (χ0n) is 15.9. The molecule has 7 heteroatoms. The van der Waals surface area contributed by atoms with E-state index in [0.29, 0.717) is 17.3 Å². The fraction of sp³-hybridized carbons (Fsp3) is 0.273. The summed E-state index contributed by atoms with van der Waals surface area (Å²) >= 11 is 7.43. The highest BCUT2D eigenvalue weighted by Gasteiger charge is 2.18. The molecule has 0 aliphatic carbocycles. The third-order valence-electron chi connectivity index (χ3n) is 4.74. The number of nitrogens with one attached hydrogen (secondary N) is 2. The molecule has 2 N–H and O–H groups in total. The summed E-state index contributed by atoms with van der Waals surface area (Å²) in [5.41, 5.74) is 2.89. The highest BCUT2D eigenvalue weighted by atomic mass is 35.5. The van der Waals surface area contributed by atoms with Gasteiger partial charge in [0.1, 0.15) is 10.9 Å². The van der Waals surface area contributed by atoms with Crippen LogP contribution in [0, 0.1) is 0 Å². The summed E-state index contributed by atoms with van der Waals surface area (Å²) in [6.45, 7) is 1.36. The predicted molar refractivity (Wildman–Crippen MR) is 117 cm³/mol. The van der Waals surface area contributed by atoms with Crippen molar-refractivity contribution in [3.8, 4) is 22.6 Å². The molecule has 1 fully saturated rings. The molecule has 0 unspecified atom stereocenters. The molecule has 1 saturated heterocycles. The van der Waals surface area contributed by atoms with E-state index < -0.39 is 0 Å². The highest BCUT2D eigenvalue weighted by molar-refractivity contribution is 8.00. The van der Waals surface area contributed by atoms with Gasteiger partial charge in [0.15, 0.2) is 0 Å². The van der Waals surface area contributed by atoms with Crippen molar-refractivity contribution in [2.24, 2.45) is 0 Å². The van der Waals surface area contributed by atoms with E-state index in [9.17, 15) is 4.79 Å². The number of carbonyl (C=O) groups excluding carboxylic acids is 1. The van der Waals surface area contributed by atoms with Crippen LogP contribution in [0.3, 0.4) is 0 Å². The molecule has 1 atom stereocenters. The van der Waals surface area contributed by atoms with Gasteiger partial charge in [-0.05, 0) is 37.1 Å². The first-order valence-corrected chi connectivity index (χ1v) is 11.0. The highest BCUT2D eigenvalue weighted by Crippen LogP contribution is 2.32. The third-order valence-corrected chi connectivity index (χ3v) is 5.97. The zero-order chi connectivity index (χ0) is 20.1. The maximum absolute atomic E-state index is 12.3. The van der Waals surface area contributed by atoms with Crippen molar-refractivity contribution in [1.29, 1.82) is 0 Å². The van der Waals surface area contributed by atoms with E-state index in [0.717, 1.165) is 47.1 Å². The van der Waals surface area contributed by atoms with Crippen LogP contribution >= 0.6 is 23.4 Å². The van der Waals surface area contributed by atoms with E-state index in [1.165, 1.54) is 11.8 Å². The number of carbonyl (C=O) groups is 1. The van der Waals surface area contributed by atoms with Crippen molar-refractivity contribution < 1.29 is 9.53 Å². The molecule has 3 aromatic rings. The van der Waals surface area contributed by atoms with Crippen LogP contribution in [0.5, 0.6) is 0 Å². The Bertz CT molecular complexity index is 954. The minimum Gasteiger partial charge on any atom is -0.376 e. The number of aromatic nitrogens is 2. The minimum absolute atomic E-state index is 0.0134. The molecular weight excluding hydrogens is 406 g/mol. The molecule has 29 heavy (non-hydrogen) atoms. The van der Waals surface area contributed by atoms with E-state index in [1.54, 1.807) is 0 Å². The summed E-state index contributed by atoms with van der Waals surface area (Å²) in [5, 5.41) is 4.44. The Balaban J connectivity index is 1.49. The number of aromatic amines is 1. The Hall–Kier alpha value is -2.28. The van der Waals surface area contributed by atoms with Crippen molar-refractivity contribution >= 4 is 29.3 Å². The molecule has 0 saturated carbocycles. The maximum atomic E-state index is 12.3. The van der Waals surface area contributed by atoms with E-state index >= 15 is 0 Å². The smallest absolute Gasteiger partial charge is 0.230 e. The third kappa shape index (κ3) is 5.21. The summed E-state index contributed by atoms with van der Waals surface area (Å²) in [4.78, 5) is 20.5. The van der Waals surface area contributed by atoms with Crippen LogP contribution < -0.4 is 5.32 Å². The number of benzene rings is 2. The van der Waals surface area contributed by atoms with Crippen molar-refractivity contribution in [3.63, 3.8) is 0 Å². The zero-order valence-corrected chi connectivity index (χ0v) is 17.4. The Morgan fingerprint density at radius 2 is 1.97 bits per heavy atom. The van der Waals surface area contributed by atoms with Gasteiger partial charge in [0.25, 0.3) is 0 Å². The van der Waals surface area contributed by atoms with Crippen molar-refractivity contribution in [3.05, 3.63) is 59.6 Å². The molecule has 2 heterocycles. The number of rotatable bonds is 7. The van der Waals surface area contributed by atoms with Gasteiger partial charge in [0, 0.05) is 29.3 Å². The van der Waals surface area contributed by atoms with Crippen LogP contribution in [0.15, 0.2) is 59.6 Å². The van der Waals surface area contributed by atoms with Crippen LogP contribution in [0.25, 0.3) is 22.6 Å². The van der Waals surface area contributed by atoms with Crippen molar-refractivity contribution in [2.75, 3.05) is 18.9 Å². The lowest BCUT2D eigenvalue weighted by atomic mass is 10.2. The van der Waals surface area contributed by atoms with E-state index in [-0.39, 0.29) is 12.0 Å². The lowest BCUT2D eigenvalue weighted by Gasteiger charge is -2.10. The lowest BCUT2D eigenvalue weighted by Crippen LogP contribution is -2.32. The first-order chi connectivity index (χ1) is 14.2. The number of hydrogen-bond acceptors (Lipinski definition) is 4. The van der Waals surface area contributed by atoms with Crippen molar-refractivity contribution in [1.82, 2.24) is 15.3 Å². The second-order valence-corrected chi connectivity index (χ2v) is 8.27. The van der Waals surface area contributed by atoms with E-state index in [1.807, 2.05) is 54.6 Å². The molecule has 0 bridgehead atoms.